The summed E-state index contributed by atoms with van der Waals surface area (Å²) in [5, 5.41) is 2.35. The fraction of sp³-hybridized carbons (Fsp3) is 0.538. The zero-order chi connectivity index (χ0) is 14.6. The van der Waals surface area contributed by atoms with Gasteiger partial charge in [-0.1, -0.05) is 13.0 Å². The third-order valence-corrected chi connectivity index (χ3v) is 4.68. The molecule has 0 saturated heterocycles. The van der Waals surface area contributed by atoms with Crippen LogP contribution in [0.1, 0.15) is 31.9 Å². The Balaban J connectivity index is 3.12. The molecule has 3 nitrogen and oxygen atoms in total. The van der Waals surface area contributed by atoms with E-state index in [-0.39, 0.29) is 0 Å². The summed E-state index contributed by atoms with van der Waals surface area (Å²) in [5.74, 6) is -1.91. The molecule has 0 aliphatic carbocycles. The molecule has 1 N–H and O–H groups in total. The van der Waals surface area contributed by atoms with Crippen molar-refractivity contribution < 1.29 is 17.2 Å². The number of hydrogen-bond donors (Lipinski definition) is 1. The number of sulfone groups is 1. The van der Waals surface area contributed by atoms with Crippen LogP contribution in [-0.4, -0.2) is 26.5 Å². The summed E-state index contributed by atoms with van der Waals surface area (Å²) in [6.07, 6.45) is 1.95. The molecular weight excluding hydrogens is 272 g/mol. The van der Waals surface area contributed by atoms with Gasteiger partial charge in [0.15, 0.2) is 21.5 Å². The van der Waals surface area contributed by atoms with Gasteiger partial charge in [0.05, 0.1) is 5.25 Å². The Hall–Kier alpha value is -1.01. The lowest BCUT2D eigenvalue weighted by molar-refractivity contribution is 0.483. The maximum atomic E-state index is 13.3. The molecule has 2 unspecified atom stereocenters. The average molecular weight is 291 g/mol. The number of nitrogens with one attached hydrogen (secondary N) is 1. The van der Waals surface area contributed by atoms with E-state index >= 15 is 0 Å². The fourth-order valence-corrected chi connectivity index (χ4v) is 2.56. The smallest absolute Gasteiger partial charge is 0.159 e. The van der Waals surface area contributed by atoms with Gasteiger partial charge < -0.3 is 5.32 Å². The molecule has 0 bridgehead atoms. The largest absolute Gasteiger partial charge is 0.309 e. The summed E-state index contributed by atoms with van der Waals surface area (Å²) in [4.78, 5) is 0. The standard InChI is InChI=1S/C13H19F2NO2S/c1-4-7-16-13(9(2)19(3,17)18)10-5-6-11(14)12(15)8-10/h5-6,8-9,13,16H,4,7H2,1-3H3. The third-order valence-electron chi connectivity index (χ3n) is 3.06. The molecule has 0 amide bonds. The number of benzene rings is 1. The summed E-state index contributed by atoms with van der Waals surface area (Å²) in [5.41, 5.74) is 0.435. The molecule has 19 heavy (non-hydrogen) atoms. The Morgan fingerprint density at radius 2 is 1.89 bits per heavy atom. The monoisotopic (exact) mass is 291 g/mol. The van der Waals surface area contributed by atoms with Gasteiger partial charge in [0, 0.05) is 12.3 Å². The van der Waals surface area contributed by atoms with E-state index in [4.69, 9.17) is 0 Å². The van der Waals surface area contributed by atoms with Gasteiger partial charge in [0.25, 0.3) is 0 Å². The van der Waals surface area contributed by atoms with Crippen LogP contribution >= 0.6 is 0 Å². The van der Waals surface area contributed by atoms with Crippen LogP contribution in [0.4, 0.5) is 8.78 Å². The number of halogens is 2. The molecular formula is C13H19F2NO2S. The van der Waals surface area contributed by atoms with E-state index in [1.807, 2.05) is 6.92 Å². The zero-order valence-corrected chi connectivity index (χ0v) is 12.1. The molecule has 1 aromatic rings. The second-order valence-corrected chi connectivity index (χ2v) is 7.04. The van der Waals surface area contributed by atoms with E-state index in [1.54, 1.807) is 6.92 Å². The molecule has 2 atom stereocenters. The van der Waals surface area contributed by atoms with Gasteiger partial charge in [-0.2, -0.15) is 0 Å². The van der Waals surface area contributed by atoms with Gasteiger partial charge in [0.1, 0.15) is 0 Å². The number of rotatable bonds is 6. The van der Waals surface area contributed by atoms with E-state index < -0.39 is 32.8 Å². The Kier molecular flexibility index (Phi) is 5.43. The highest BCUT2D eigenvalue weighted by molar-refractivity contribution is 7.91. The van der Waals surface area contributed by atoms with Crippen molar-refractivity contribution in [3.8, 4) is 0 Å². The summed E-state index contributed by atoms with van der Waals surface area (Å²) in [7, 11) is -3.28. The Labute approximate surface area is 112 Å². The molecule has 0 fully saturated rings. The Bertz CT molecular complexity index is 531. The van der Waals surface area contributed by atoms with Crippen LogP contribution in [-0.2, 0) is 9.84 Å². The molecule has 1 aromatic carbocycles. The van der Waals surface area contributed by atoms with Crippen molar-refractivity contribution >= 4 is 9.84 Å². The van der Waals surface area contributed by atoms with E-state index in [9.17, 15) is 17.2 Å². The van der Waals surface area contributed by atoms with E-state index in [0.29, 0.717) is 12.1 Å². The minimum Gasteiger partial charge on any atom is -0.309 e. The van der Waals surface area contributed by atoms with Crippen LogP contribution in [0.3, 0.4) is 0 Å². The predicted octanol–water partition coefficient (Wildman–Crippen LogP) is 2.44. The molecule has 0 radical (unpaired) electrons. The van der Waals surface area contributed by atoms with Crippen molar-refractivity contribution in [3.05, 3.63) is 35.4 Å². The molecule has 108 valence electrons. The highest BCUT2D eigenvalue weighted by Crippen LogP contribution is 2.23. The fourth-order valence-electron chi connectivity index (χ4n) is 1.81. The van der Waals surface area contributed by atoms with E-state index in [0.717, 1.165) is 24.8 Å². The van der Waals surface area contributed by atoms with Crippen LogP contribution in [0.2, 0.25) is 0 Å². The first-order chi connectivity index (χ1) is 8.77. The van der Waals surface area contributed by atoms with Crippen LogP contribution in [0.5, 0.6) is 0 Å². The lowest BCUT2D eigenvalue weighted by atomic mass is 10.0. The minimum atomic E-state index is -3.28. The van der Waals surface area contributed by atoms with Gasteiger partial charge in [-0.3, -0.25) is 0 Å². The van der Waals surface area contributed by atoms with Crippen LogP contribution in [0.25, 0.3) is 0 Å². The van der Waals surface area contributed by atoms with Crippen molar-refractivity contribution in [1.82, 2.24) is 5.32 Å². The van der Waals surface area contributed by atoms with Gasteiger partial charge >= 0.3 is 0 Å². The zero-order valence-electron chi connectivity index (χ0n) is 11.3. The molecule has 1 rings (SSSR count). The lowest BCUT2D eigenvalue weighted by Gasteiger charge is -2.24. The first-order valence-electron chi connectivity index (χ1n) is 6.14. The minimum absolute atomic E-state index is 0.435. The molecule has 0 saturated carbocycles. The van der Waals surface area contributed by atoms with Crippen molar-refractivity contribution in [2.45, 2.75) is 31.6 Å². The van der Waals surface area contributed by atoms with Crippen molar-refractivity contribution in [1.29, 1.82) is 0 Å². The molecule has 0 aliphatic rings. The predicted molar refractivity (Wildman–Crippen MR) is 71.7 cm³/mol. The van der Waals surface area contributed by atoms with E-state index in [2.05, 4.69) is 5.32 Å². The van der Waals surface area contributed by atoms with Gasteiger partial charge in [0.2, 0.25) is 0 Å². The van der Waals surface area contributed by atoms with E-state index in [1.165, 1.54) is 6.07 Å². The molecule has 0 aromatic heterocycles. The van der Waals surface area contributed by atoms with Gasteiger partial charge in [-0.15, -0.1) is 0 Å². The van der Waals surface area contributed by atoms with Crippen LogP contribution < -0.4 is 5.32 Å². The molecule has 0 aliphatic heterocycles. The molecule has 0 spiro atoms. The number of hydrogen-bond acceptors (Lipinski definition) is 3. The van der Waals surface area contributed by atoms with Crippen molar-refractivity contribution in [2.75, 3.05) is 12.8 Å². The normalized spacial score (nSPS) is 15.2. The summed E-state index contributed by atoms with van der Waals surface area (Å²) >= 11 is 0. The van der Waals surface area contributed by atoms with Crippen LogP contribution in [0.15, 0.2) is 18.2 Å². The molecule has 0 heterocycles. The van der Waals surface area contributed by atoms with Crippen molar-refractivity contribution in [3.63, 3.8) is 0 Å². The summed E-state index contributed by atoms with van der Waals surface area (Å²) < 4.78 is 49.5. The SMILES string of the molecule is CCCNC(c1ccc(F)c(F)c1)C(C)S(C)(=O)=O. The first kappa shape index (κ1) is 16.0. The Morgan fingerprint density at radius 1 is 1.26 bits per heavy atom. The lowest BCUT2D eigenvalue weighted by Crippen LogP contribution is -2.35. The van der Waals surface area contributed by atoms with Gasteiger partial charge in [-0.05, 0) is 37.6 Å². The summed E-state index contributed by atoms with van der Waals surface area (Å²) in [6, 6.07) is 2.92. The van der Waals surface area contributed by atoms with Crippen LogP contribution in [0, 0.1) is 11.6 Å². The maximum Gasteiger partial charge on any atom is 0.159 e. The maximum absolute atomic E-state index is 13.3. The van der Waals surface area contributed by atoms with Gasteiger partial charge in [-0.25, -0.2) is 17.2 Å². The highest BCUT2D eigenvalue weighted by atomic mass is 32.2. The topological polar surface area (TPSA) is 46.2 Å². The molecule has 6 heteroatoms. The summed E-state index contributed by atoms with van der Waals surface area (Å²) in [6.45, 7) is 4.11. The quantitative estimate of drug-likeness (QED) is 0.875. The third kappa shape index (κ3) is 4.24. The highest BCUT2D eigenvalue weighted by Gasteiger charge is 2.27. The first-order valence-corrected chi connectivity index (χ1v) is 8.10. The second-order valence-electron chi connectivity index (χ2n) is 4.64. The second kappa shape index (κ2) is 6.43. The van der Waals surface area contributed by atoms with Crippen molar-refractivity contribution in [2.24, 2.45) is 0 Å². The Morgan fingerprint density at radius 3 is 2.37 bits per heavy atom. The average Bonchev–Trinajstić information content (AvgIpc) is 2.32.